The molecule has 1 unspecified atom stereocenters. The highest BCUT2D eigenvalue weighted by Crippen LogP contribution is 2.32. The summed E-state index contributed by atoms with van der Waals surface area (Å²) in [7, 11) is 1.62. The number of nitrogens with one attached hydrogen (secondary N) is 1. The van der Waals surface area contributed by atoms with Crippen molar-refractivity contribution in [3.05, 3.63) is 60.2 Å². The molecule has 0 radical (unpaired) electrons. The van der Waals surface area contributed by atoms with Gasteiger partial charge in [-0.25, -0.2) is 4.99 Å². The molecule has 1 fully saturated rings. The Bertz CT molecular complexity index is 961. The predicted molar refractivity (Wildman–Crippen MR) is 123 cm³/mol. The van der Waals surface area contributed by atoms with Crippen LogP contribution in [0.3, 0.4) is 0 Å². The number of para-hydroxylation sites is 1. The molecule has 162 valence electrons. The third kappa shape index (κ3) is 6.26. The average molecular weight is 440 g/mol. The number of Topliss-reactive ketones (excluding diaryl/α,β-unsaturated/α-hetero) is 1. The first-order valence-electron chi connectivity index (χ1n) is 9.99. The van der Waals surface area contributed by atoms with E-state index in [0.29, 0.717) is 36.0 Å². The number of thioether (sulfide) groups is 1. The first kappa shape index (κ1) is 22.7. The monoisotopic (exact) mass is 439 g/mol. The Balaban J connectivity index is 1.68. The fourth-order valence-corrected chi connectivity index (χ4v) is 4.26. The highest BCUT2D eigenvalue weighted by molar-refractivity contribution is 8.15. The summed E-state index contributed by atoms with van der Waals surface area (Å²) < 4.78 is 5.10. The van der Waals surface area contributed by atoms with Gasteiger partial charge < -0.3 is 10.1 Å². The van der Waals surface area contributed by atoms with Crippen LogP contribution in [-0.2, 0) is 14.3 Å². The van der Waals surface area contributed by atoms with Gasteiger partial charge in [0.25, 0.3) is 0 Å². The Morgan fingerprint density at radius 3 is 2.48 bits per heavy atom. The maximum Gasteiger partial charge on any atom is 0.242 e. The zero-order valence-electron chi connectivity index (χ0n) is 17.5. The van der Waals surface area contributed by atoms with Crippen molar-refractivity contribution in [2.75, 3.05) is 25.6 Å². The van der Waals surface area contributed by atoms with Gasteiger partial charge in [-0.2, -0.15) is 0 Å². The van der Waals surface area contributed by atoms with Gasteiger partial charge in [0, 0.05) is 37.9 Å². The van der Waals surface area contributed by atoms with Crippen LogP contribution in [0, 0.1) is 0 Å². The summed E-state index contributed by atoms with van der Waals surface area (Å²) in [5.74, 6) is -0.429. The molecule has 1 saturated heterocycles. The molecule has 0 spiro atoms. The van der Waals surface area contributed by atoms with E-state index < -0.39 is 5.25 Å². The molecule has 1 heterocycles. The lowest BCUT2D eigenvalue weighted by Crippen LogP contribution is -2.34. The van der Waals surface area contributed by atoms with Crippen molar-refractivity contribution in [2.24, 2.45) is 4.99 Å². The Hall–Kier alpha value is -2.97. The van der Waals surface area contributed by atoms with Gasteiger partial charge in [-0.15, -0.1) is 0 Å². The number of aliphatic imine (C=N–C) groups is 1. The Kier molecular flexibility index (Phi) is 7.97. The van der Waals surface area contributed by atoms with Crippen molar-refractivity contribution >= 4 is 45.9 Å². The first-order chi connectivity index (χ1) is 15.0. The summed E-state index contributed by atoms with van der Waals surface area (Å²) in [6.45, 7) is 2.51. The molecule has 0 saturated carbocycles. The molecular weight excluding hydrogens is 414 g/mol. The Morgan fingerprint density at radius 1 is 1.13 bits per heavy atom. The van der Waals surface area contributed by atoms with Gasteiger partial charge in [-0.05, 0) is 49.7 Å². The topological polar surface area (TPSA) is 88.1 Å². The van der Waals surface area contributed by atoms with Gasteiger partial charge in [-0.3, -0.25) is 19.3 Å². The van der Waals surface area contributed by atoms with E-state index in [1.165, 1.54) is 18.7 Å². The highest BCUT2D eigenvalue weighted by Gasteiger charge is 2.38. The van der Waals surface area contributed by atoms with Crippen LogP contribution >= 0.6 is 11.8 Å². The number of hydrogen-bond acceptors (Lipinski definition) is 6. The largest absolute Gasteiger partial charge is 0.385 e. The number of amides is 2. The van der Waals surface area contributed by atoms with Gasteiger partial charge in [0.05, 0.1) is 5.69 Å². The molecule has 2 aromatic carbocycles. The van der Waals surface area contributed by atoms with Gasteiger partial charge in [-0.1, -0.05) is 30.0 Å². The van der Waals surface area contributed by atoms with Crippen LogP contribution in [0.1, 0.15) is 30.1 Å². The van der Waals surface area contributed by atoms with Crippen LogP contribution in [0.5, 0.6) is 0 Å². The zero-order valence-corrected chi connectivity index (χ0v) is 18.4. The van der Waals surface area contributed by atoms with Crippen LogP contribution in [0.2, 0.25) is 0 Å². The van der Waals surface area contributed by atoms with Crippen molar-refractivity contribution in [1.29, 1.82) is 0 Å². The molecule has 8 heteroatoms. The fraction of sp³-hybridized carbons (Fsp3) is 0.304. The summed E-state index contributed by atoms with van der Waals surface area (Å²) in [6, 6.07) is 16.1. The molecular formula is C23H25N3O4S. The standard InChI is InChI=1S/C23H25N3O4S/c1-16(27)17-9-11-19(12-10-17)24-21(28)15-20-22(29)26(13-6-14-30-2)23(31-20)25-18-7-4-3-5-8-18/h3-5,7-12,20H,6,13-15H2,1-2H3,(H,24,28). The second-order valence-electron chi connectivity index (χ2n) is 7.06. The average Bonchev–Trinajstić information content (AvgIpc) is 3.03. The molecule has 2 amide bonds. The van der Waals surface area contributed by atoms with E-state index in [9.17, 15) is 14.4 Å². The number of nitrogens with zero attached hydrogens (tertiary/aromatic N) is 2. The summed E-state index contributed by atoms with van der Waals surface area (Å²) >= 11 is 1.31. The van der Waals surface area contributed by atoms with Gasteiger partial charge in [0.15, 0.2) is 11.0 Å². The molecule has 1 aliphatic rings. The molecule has 31 heavy (non-hydrogen) atoms. The first-order valence-corrected chi connectivity index (χ1v) is 10.9. The van der Waals surface area contributed by atoms with Crippen molar-refractivity contribution in [2.45, 2.75) is 25.0 Å². The molecule has 1 atom stereocenters. The summed E-state index contributed by atoms with van der Waals surface area (Å²) in [6.07, 6.45) is 0.713. The van der Waals surface area contributed by atoms with E-state index in [1.807, 2.05) is 30.3 Å². The van der Waals surface area contributed by atoms with E-state index in [0.717, 1.165) is 5.69 Å². The molecule has 0 aromatic heterocycles. The summed E-state index contributed by atoms with van der Waals surface area (Å²) in [4.78, 5) is 43.1. The van der Waals surface area contributed by atoms with E-state index >= 15 is 0 Å². The minimum atomic E-state index is -0.540. The number of ether oxygens (including phenoxy) is 1. The predicted octanol–water partition coefficient (Wildman–Crippen LogP) is 3.89. The van der Waals surface area contributed by atoms with Crippen molar-refractivity contribution < 1.29 is 19.1 Å². The number of ketones is 1. The lowest BCUT2D eigenvalue weighted by Gasteiger charge is -2.16. The molecule has 3 rings (SSSR count). The fourth-order valence-electron chi connectivity index (χ4n) is 3.08. The van der Waals surface area contributed by atoms with Crippen LogP contribution in [0.4, 0.5) is 11.4 Å². The summed E-state index contributed by atoms with van der Waals surface area (Å²) in [5, 5.41) is 2.85. The number of benzene rings is 2. The van der Waals surface area contributed by atoms with Gasteiger partial charge in [0.1, 0.15) is 5.25 Å². The number of carbonyl (C=O) groups is 3. The van der Waals surface area contributed by atoms with Crippen molar-refractivity contribution in [1.82, 2.24) is 4.90 Å². The smallest absolute Gasteiger partial charge is 0.242 e. The quantitative estimate of drug-likeness (QED) is 0.473. The van der Waals surface area contributed by atoms with Crippen molar-refractivity contribution in [3.8, 4) is 0 Å². The minimum Gasteiger partial charge on any atom is -0.385 e. The van der Waals surface area contributed by atoms with E-state index in [1.54, 1.807) is 36.3 Å². The zero-order chi connectivity index (χ0) is 22.2. The van der Waals surface area contributed by atoms with Crippen LogP contribution < -0.4 is 5.32 Å². The molecule has 0 aliphatic carbocycles. The van der Waals surface area contributed by atoms with Gasteiger partial charge in [0.2, 0.25) is 11.8 Å². The second-order valence-corrected chi connectivity index (χ2v) is 8.23. The third-order valence-corrected chi connectivity index (χ3v) is 5.85. The molecule has 7 nitrogen and oxygen atoms in total. The van der Waals surface area contributed by atoms with E-state index in [4.69, 9.17) is 4.74 Å². The lowest BCUT2D eigenvalue weighted by molar-refractivity contribution is -0.128. The summed E-state index contributed by atoms with van der Waals surface area (Å²) in [5.41, 5.74) is 1.92. The number of anilines is 1. The molecule has 0 bridgehead atoms. The number of hydrogen-bond donors (Lipinski definition) is 1. The second kappa shape index (κ2) is 10.9. The van der Waals surface area contributed by atoms with Crippen LogP contribution in [0.15, 0.2) is 59.6 Å². The number of amidine groups is 1. The van der Waals surface area contributed by atoms with Crippen LogP contribution in [-0.4, -0.2) is 53.2 Å². The van der Waals surface area contributed by atoms with Crippen LogP contribution in [0.25, 0.3) is 0 Å². The third-order valence-electron chi connectivity index (χ3n) is 4.68. The maximum absolute atomic E-state index is 13.0. The van der Waals surface area contributed by atoms with Gasteiger partial charge >= 0.3 is 0 Å². The number of carbonyl (C=O) groups excluding carboxylic acids is 3. The lowest BCUT2D eigenvalue weighted by atomic mass is 10.1. The van der Waals surface area contributed by atoms with E-state index in [2.05, 4.69) is 10.3 Å². The van der Waals surface area contributed by atoms with Crippen molar-refractivity contribution in [3.63, 3.8) is 0 Å². The highest BCUT2D eigenvalue weighted by atomic mass is 32.2. The number of rotatable bonds is 9. The molecule has 2 aromatic rings. The molecule has 1 N–H and O–H groups in total. The Labute approximate surface area is 185 Å². The SMILES string of the molecule is COCCCN1C(=O)C(CC(=O)Nc2ccc(C(C)=O)cc2)SC1=Nc1ccccc1. The number of methoxy groups -OCH3 is 1. The molecule has 1 aliphatic heterocycles. The van der Waals surface area contributed by atoms with E-state index in [-0.39, 0.29) is 24.0 Å². The maximum atomic E-state index is 13.0. The Morgan fingerprint density at radius 2 is 1.84 bits per heavy atom. The minimum absolute atomic E-state index is 0.0343. The normalized spacial score (nSPS) is 17.2.